The lowest BCUT2D eigenvalue weighted by Gasteiger charge is -2.41. The number of aromatic nitrogens is 1. The zero-order valence-electron chi connectivity index (χ0n) is 16.3. The molecular formula is C18H30N4O4S. The summed E-state index contributed by atoms with van der Waals surface area (Å²) in [6.45, 7) is 7.17. The van der Waals surface area contributed by atoms with Gasteiger partial charge in [0.15, 0.2) is 5.76 Å². The van der Waals surface area contributed by atoms with Crippen LogP contribution in [0.15, 0.2) is 9.42 Å². The minimum atomic E-state index is -3.72. The topological polar surface area (TPSA) is 110 Å². The molecule has 1 amide bonds. The van der Waals surface area contributed by atoms with Crippen LogP contribution >= 0.6 is 0 Å². The van der Waals surface area contributed by atoms with E-state index >= 15 is 0 Å². The molecule has 0 saturated carbocycles. The largest absolute Gasteiger partial charge is 0.360 e. The fraction of sp³-hybridized carbons (Fsp3) is 0.778. The van der Waals surface area contributed by atoms with E-state index in [0.29, 0.717) is 44.1 Å². The lowest BCUT2D eigenvalue weighted by atomic mass is 9.90. The summed E-state index contributed by atoms with van der Waals surface area (Å²) in [5.74, 6) is 0.562. The fourth-order valence-electron chi connectivity index (χ4n) is 4.33. The van der Waals surface area contributed by atoms with Crippen LogP contribution < -0.4 is 5.73 Å². The predicted molar refractivity (Wildman–Crippen MR) is 100 cm³/mol. The zero-order chi connectivity index (χ0) is 19.8. The third kappa shape index (κ3) is 3.90. The number of likely N-dealkylation sites (tertiary alicyclic amines) is 1. The van der Waals surface area contributed by atoms with Crippen molar-refractivity contribution >= 4 is 15.9 Å². The Morgan fingerprint density at radius 2 is 2.04 bits per heavy atom. The second-order valence-electron chi connectivity index (χ2n) is 7.91. The van der Waals surface area contributed by atoms with Crippen LogP contribution in [0.5, 0.6) is 0 Å². The van der Waals surface area contributed by atoms with Crippen molar-refractivity contribution in [3.63, 3.8) is 0 Å². The van der Waals surface area contributed by atoms with Crippen LogP contribution in [0.3, 0.4) is 0 Å². The normalized spacial score (nSPS) is 27.7. The highest BCUT2D eigenvalue weighted by atomic mass is 32.2. The lowest BCUT2D eigenvalue weighted by molar-refractivity contribution is -0.140. The summed E-state index contributed by atoms with van der Waals surface area (Å²) < 4.78 is 32.6. The quantitative estimate of drug-likeness (QED) is 0.818. The summed E-state index contributed by atoms with van der Waals surface area (Å²) in [7, 11) is -3.72. The second kappa shape index (κ2) is 7.89. The number of carbonyl (C=O) groups is 1. The predicted octanol–water partition coefficient (Wildman–Crippen LogP) is 1.28. The lowest BCUT2D eigenvalue weighted by Crippen LogP contribution is -2.54. The third-order valence-corrected chi connectivity index (χ3v) is 7.94. The highest BCUT2D eigenvalue weighted by Gasteiger charge is 2.39. The monoisotopic (exact) mass is 398 g/mol. The van der Waals surface area contributed by atoms with Gasteiger partial charge >= 0.3 is 0 Å². The van der Waals surface area contributed by atoms with Gasteiger partial charge in [0.2, 0.25) is 15.9 Å². The number of amides is 1. The molecule has 0 radical (unpaired) electrons. The molecule has 9 heteroatoms. The number of rotatable bonds is 4. The summed E-state index contributed by atoms with van der Waals surface area (Å²) >= 11 is 0. The van der Waals surface area contributed by atoms with Crippen molar-refractivity contribution in [2.45, 2.75) is 57.4 Å². The van der Waals surface area contributed by atoms with Crippen LogP contribution in [0.25, 0.3) is 0 Å². The van der Waals surface area contributed by atoms with Crippen molar-refractivity contribution in [1.82, 2.24) is 14.4 Å². The first-order valence-corrected chi connectivity index (χ1v) is 11.1. The molecule has 0 spiro atoms. The zero-order valence-corrected chi connectivity index (χ0v) is 17.2. The number of sulfonamides is 1. The molecule has 27 heavy (non-hydrogen) atoms. The van der Waals surface area contributed by atoms with Gasteiger partial charge in [-0.3, -0.25) is 4.79 Å². The molecule has 0 bridgehead atoms. The number of piperidine rings is 2. The van der Waals surface area contributed by atoms with Gasteiger partial charge in [0.25, 0.3) is 0 Å². The molecule has 152 valence electrons. The Labute approximate surface area is 161 Å². The maximum atomic E-state index is 13.1. The molecule has 2 saturated heterocycles. The van der Waals surface area contributed by atoms with Gasteiger partial charge in [-0.25, -0.2) is 8.42 Å². The maximum absolute atomic E-state index is 13.1. The van der Waals surface area contributed by atoms with Gasteiger partial charge in [-0.1, -0.05) is 12.1 Å². The minimum Gasteiger partial charge on any atom is -0.360 e. The fourth-order valence-corrected chi connectivity index (χ4v) is 6.15. The Bertz CT molecular complexity index is 772. The maximum Gasteiger partial charge on any atom is 0.248 e. The van der Waals surface area contributed by atoms with Crippen molar-refractivity contribution in [1.29, 1.82) is 0 Å². The van der Waals surface area contributed by atoms with Crippen LogP contribution in [0.1, 0.15) is 44.1 Å². The molecule has 3 unspecified atom stereocenters. The first-order chi connectivity index (χ1) is 12.8. The molecular weight excluding hydrogens is 368 g/mol. The molecule has 2 N–H and O–H groups in total. The highest BCUT2D eigenvalue weighted by molar-refractivity contribution is 7.89. The van der Waals surface area contributed by atoms with Crippen molar-refractivity contribution in [3.8, 4) is 0 Å². The number of aryl methyl sites for hydroxylation is 2. The van der Waals surface area contributed by atoms with Crippen LogP contribution in [0.2, 0.25) is 0 Å². The van der Waals surface area contributed by atoms with Gasteiger partial charge in [0, 0.05) is 32.2 Å². The molecule has 2 aliphatic heterocycles. The Morgan fingerprint density at radius 3 is 2.67 bits per heavy atom. The summed E-state index contributed by atoms with van der Waals surface area (Å²) in [6.07, 6.45) is 3.25. The molecule has 3 rings (SSSR count). The van der Waals surface area contributed by atoms with Gasteiger partial charge in [0.1, 0.15) is 10.6 Å². The minimum absolute atomic E-state index is 0.0380. The number of nitrogens with zero attached hydrogens (tertiary/aromatic N) is 3. The van der Waals surface area contributed by atoms with Crippen molar-refractivity contribution in [2.24, 2.45) is 17.6 Å². The Kier molecular flexibility index (Phi) is 5.93. The van der Waals surface area contributed by atoms with Gasteiger partial charge in [0.05, 0.1) is 5.92 Å². The van der Waals surface area contributed by atoms with Crippen LogP contribution in [-0.2, 0) is 14.8 Å². The molecule has 0 aromatic carbocycles. The van der Waals surface area contributed by atoms with Crippen LogP contribution in [-0.4, -0.2) is 60.9 Å². The third-order valence-electron chi connectivity index (χ3n) is 5.83. The van der Waals surface area contributed by atoms with E-state index in [4.69, 9.17) is 10.3 Å². The van der Waals surface area contributed by atoms with Crippen LogP contribution in [0.4, 0.5) is 0 Å². The smallest absolute Gasteiger partial charge is 0.248 e. The molecule has 2 aliphatic rings. The molecule has 2 fully saturated rings. The van der Waals surface area contributed by atoms with E-state index < -0.39 is 10.0 Å². The number of nitrogens with two attached hydrogens (primary N) is 1. The van der Waals surface area contributed by atoms with E-state index in [9.17, 15) is 13.2 Å². The van der Waals surface area contributed by atoms with E-state index in [1.165, 1.54) is 4.31 Å². The van der Waals surface area contributed by atoms with Crippen molar-refractivity contribution in [2.75, 3.05) is 26.2 Å². The average molecular weight is 399 g/mol. The highest BCUT2D eigenvalue weighted by Crippen LogP contribution is 2.30. The van der Waals surface area contributed by atoms with Gasteiger partial charge < -0.3 is 15.2 Å². The number of carbonyl (C=O) groups excluding carboxylic acids is 1. The van der Waals surface area contributed by atoms with Crippen molar-refractivity contribution < 1.29 is 17.7 Å². The van der Waals surface area contributed by atoms with Gasteiger partial charge in [-0.15, -0.1) is 0 Å². The number of hydrogen-bond acceptors (Lipinski definition) is 6. The second-order valence-corrected chi connectivity index (χ2v) is 9.78. The Balaban J connectivity index is 1.77. The van der Waals surface area contributed by atoms with Crippen molar-refractivity contribution in [3.05, 3.63) is 11.5 Å². The molecule has 3 atom stereocenters. The first-order valence-electron chi connectivity index (χ1n) is 9.69. The molecule has 1 aromatic heterocycles. The summed E-state index contributed by atoms with van der Waals surface area (Å²) in [4.78, 5) is 15.2. The number of hydrogen-bond donors (Lipinski definition) is 1. The SMILES string of the molecule is Cc1noc(C)c1S(=O)(=O)N1CCCC(C(=O)N2CCC(C)CC2CN)C1. The van der Waals surface area contributed by atoms with Gasteiger partial charge in [-0.05, 0) is 45.4 Å². The van der Waals surface area contributed by atoms with E-state index in [1.807, 2.05) is 4.90 Å². The van der Waals surface area contributed by atoms with Crippen LogP contribution in [0, 0.1) is 25.7 Å². The van der Waals surface area contributed by atoms with E-state index in [2.05, 4.69) is 12.1 Å². The Morgan fingerprint density at radius 1 is 1.30 bits per heavy atom. The van der Waals surface area contributed by atoms with E-state index in [0.717, 1.165) is 12.8 Å². The van der Waals surface area contributed by atoms with E-state index in [-0.39, 0.29) is 35.1 Å². The average Bonchev–Trinajstić information content (AvgIpc) is 3.00. The van der Waals surface area contributed by atoms with E-state index in [1.54, 1.807) is 13.8 Å². The molecule has 1 aromatic rings. The summed E-state index contributed by atoms with van der Waals surface area (Å²) in [5, 5.41) is 3.76. The molecule has 8 nitrogen and oxygen atoms in total. The molecule has 3 heterocycles. The molecule has 0 aliphatic carbocycles. The standard InChI is InChI=1S/C18H30N4O4S/c1-12-6-8-22(16(9-12)10-19)18(23)15-5-4-7-21(11-15)27(24,25)17-13(2)20-26-14(17)3/h12,15-16H,4-11,19H2,1-3H3. The summed E-state index contributed by atoms with van der Waals surface area (Å²) in [5.41, 5.74) is 6.26. The summed E-state index contributed by atoms with van der Waals surface area (Å²) in [6, 6.07) is 0.0517. The van der Waals surface area contributed by atoms with Gasteiger partial charge in [-0.2, -0.15) is 4.31 Å². The first kappa shape index (κ1) is 20.3. The Hall–Kier alpha value is -1.45.